The second-order valence-electron chi connectivity index (χ2n) is 5.48. The molecule has 0 saturated carbocycles. The first-order valence-corrected chi connectivity index (χ1v) is 6.07. The van der Waals surface area contributed by atoms with Crippen molar-refractivity contribution < 1.29 is 14.6 Å². The van der Waals surface area contributed by atoms with E-state index in [-0.39, 0.29) is 5.41 Å². The van der Waals surface area contributed by atoms with E-state index >= 15 is 0 Å². The molecule has 0 bridgehead atoms. The van der Waals surface area contributed by atoms with Crippen LogP contribution in [0.5, 0.6) is 0 Å². The standard InChI is InChI=1S/C14H19NO3/c1-14(9-18-10-14)8-15(2)7-11-4-3-5-12(6-11)13(16)17/h3-6H,7-10H2,1-2H3,(H,16,17). The molecule has 1 N–H and O–H groups in total. The summed E-state index contributed by atoms with van der Waals surface area (Å²) in [5.41, 5.74) is 1.62. The summed E-state index contributed by atoms with van der Waals surface area (Å²) in [6, 6.07) is 7.11. The van der Waals surface area contributed by atoms with Crippen LogP contribution in [0.4, 0.5) is 0 Å². The second kappa shape index (κ2) is 5.08. The van der Waals surface area contributed by atoms with Gasteiger partial charge < -0.3 is 14.7 Å². The number of benzene rings is 1. The van der Waals surface area contributed by atoms with E-state index in [0.717, 1.165) is 31.9 Å². The molecule has 1 aliphatic rings. The van der Waals surface area contributed by atoms with Gasteiger partial charge in [0.05, 0.1) is 18.8 Å². The van der Waals surface area contributed by atoms with Crippen LogP contribution < -0.4 is 0 Å². The number of ether oxygens (including phenoxy) is 1. The molecular weight excluding hydrogens is 230 g/mol. The van der Waals surface area contributed by atoms with Gasteiger partial charge in [0.2, 0.25) is 0 Å². The van der Waals surface area contributed by atoms with Crippen LogP contribution in [0.15, 0.2) is 24.3 Å². The van der Waals surface area contributed by atoms with Gasteiger partial charge in [-0.15, -0.1) is 0 Å². The van der Waals surface area contributed by atoms with Gasteiger partial charge in [-0.05, 0) is 24.7 Å². The van der Waals surface area contributed by atoms with Gasteiger partial charge in [0, 0.05) is 18.5 Å². The summed E-state index contributed by atoms with van der Waals surface area (Å²) >= 11 is 0. The Morgan fingerprint density at radius 2 is 2.22 bits per heavy atom. The average Bonchev–Trinajstić information content (AvgIpc) is 2.27. The highest BCUT2D eigenvalue weighted by molar-refractivity contribution is 5.87. The Morgan fingerprint density at radius 1 is 1.50 bits per heavy atom. The van der Waals surface area contributed by atoms with E-state index in [0.29, 0.717) is 5.56 Å². The molecular formula is C14H19NO3. The van der Waals surface area contributed by atoms with Crippen LogP contribution in [0.3, 0.4) is 0 Å². The first-order chi connectivity index (χ1) is 8.48. The minimum absolute atomic E-state index is 0.249. The lowest BCUT2D eigenvalue weighted by Crippen LogP contribution is -2.47. The SMILES string of the molecule is CN(Cc1cccc(C(=O)O)c1)CC1(C)COC1. The third kappa shape index (κ3) is 3.09. The lowest BCUT2D eigenvalue weighted by Gasteiger charge is -2.40. The molecule has 1 fully saturated rings. The van der Waals surface area contributed by atoms with Crippen molar-refractivity contribution in [2.45, 2.75) is 13.5 Å². The third-order valence-corrected chi connectivity index (χ3v) is 3.18. The van der Waals surface area contributed by atoms with Crippen molar-refractivity contribution in [3.05, 3.63) is 35.4 Å². The van der Waals surface area contributed by atoms with Crippen molar-refractivity contribution in [2.24, 2.45) is 5.41 Å². The van der Waals surface area contributed by atoms with E-state index in [2.05, 4.69) is 18.9 Å². The number of carboxylic acid groups (broad SMARTS) is 1. The molecule has 0 aliphatic carbocycles. The van der Waals surface area contributed by atoms with Crippen molar-refractivity contribution in [3.8, 4) is 0 Å². The van der Waals surface area contributed by atoms with Crippen molar-refractivity contribution in [2.75, 3.05) is 26.8 Å². The van der Waals surface area contributed by atoms with E-state index in [9.17, 15) is 4.79 Å². The summed E-state index contributed by atoms with van der Waals surface area (Å²) in [7, 11) is 2.05. The Bertz CT molecular complexity index is 440. The Labute approximate surface area is 107 Å². The highest BCUT2D eigenvalue weighted by Crippen LogP contribution is 2.27. The predicted molar refractivity (Wildman–Crippen MR) is 68.7 cm³/mol. The fourth-order valence-corrected chi connectivity index (χ4v) is 2.36. The zero-order chi connectivity index (χ0) is 13.2. The van der Waals surface area contributed by atoms with E-state index < -0.39 is 5.97 Å². The number of carbonyl (C=O) groups is 1. The van der Waals surface area contributed by atoms with Crippen LogP contribution in [0.1, 0.15) is 22.8 Å². The third-order valence-electron chi connectivity index (χ3n) is 3.18. The Kier molecular flexibility index (Phi) is 3.68. The Morgan fingerprint density at radius 3 is 2.78 bits per heavy atom. The van der Waals surface area contributed by atoms with Gasteiger partial charge in [-0.2, -0.15) is 0 Å². The molecule has 0 radical (unpaired) electrons. The number of hydrogen-bond donors (Lipinski definition) is 1. The van der Waals surface area contributed by atoms with Crippen molar-refractivity contribution in [1.29, 1.82) is 0 Å². The average molecular weight is 249 g/mol. The van der Waals surface area contributed by atoms with Gasteiger partial charge in [0.25, 0.3) is 0 Å². The highest BCUT2D eigenvalue weighted by atomic mass is 16.5. The largest absolute Gasteiger partial charge is 0.478 e. The molecule has 0 spiro atoms. The summed E-state index contributed by atoms with van der Waals surface area (Å²) < 4.78 is 5.24. The quantitative estimate of drug-likeness (QED) is 0.865. The Balaban J connectivity index is 1.96. The molecule has 4 nitrogen and oxygen atoms in total. The first kappa shape index (κ1) is 13.1. The topological polar surface area (TPSA) is 49.8 Å². The molecule has 1 aliphatic heterocycles. The zero-order valence-electron chi connectivity index (χ0n) is 10.8. The molecule has 4 heteroatoms. The number of rotatable bonds is 5. The van der Waals surface area contributed by atoms with Gasteiger partial charge in [-0.1, -0.05) is 19.1 Å². The van der Waals surface area contributed by atoms with Crippen molar-refractivity contribution >= 4 is 5.97 Å². The second-order valence-corrected chi connectivity index (χ2v) is 5.48. The maximum atomic E-state index is 10.9. The van der Waals surface area contributed by atoms with Crippen LogP contribution in [-0.4, -0.2) is 42.8 Å². The minimum atomic E-state index is -0.876. The normalized spacial score (nSPS) is 17.5. The molecule has 0 unspecified atom stereocenters. The van der Waals surface area contributed by atoms with Crippen LogP contribution in [0.25, 0.3) is 0 Å². The van der Waals surface area contributed by atoms with Crippen molar-refractivity contribution in [1.82, 2.24) is 4.90 Å². The van der Waals surface area contributed by atoms with E-state index in [1.54, 1.807) is 18.2 Å². The molecule has 2 rings (SSSR count). The Hall–Kier alpha value is -1.39. The molecule has 0 atom stereocenters. The van der Waals surface area contributed by atoms with Gasteiger partial charge in [-0.3, -0.25) is 0 Å². The van der Waals surface area contributed by atoms with Gasteiger partial charge in [0.1, 0.15) is 0 Å². The van der Waals surface area contributed by atoms with Crippen LogP contribution in [0.2, 0.25) is 0 Å². The molecule has 1 aromatic rings. The summed E-state index contributed by atoms with van der Waals surface area (Å²) in [6.45, 7) is 5.56. The maximum absolute atomic E-state index is 10.9. The molecule has 0 amide bonds. The van der Waals surface area contributed by atoms with Gasteiger partial charge >= 0.3 is 5.97 Å². The van der Waals surface area contributed by atoms with E-state index in [1.165, 1.54) is 0 Å². The van der Waals surface area contributed by atoms with Crippen LogP contribution in [0, 0.1) is 5.41 Å². The highest BCUT2D eigenvalue weighted by Gasteiger charge is 2.34. The fourth-order valence-electron chi connectivity index (χ4n) is 2.36. The summed E-state index contributed by atoms with van der Waals surface area (Å²) in [5, 5.41) is 8.95. The molecule has 1 saturated heterocycles. The molecule has 1 aromatic carbocycles. The zero-order valence-corrected chi connectivity index (χ0v) is 10.8. The lowest BCUT2D eigenvalue weighted by atomic mass is 9.88. The maximum Gasteiger partial charge on any atom is 0.335 e. The summed E-state index contributed by atoms with van der Waals surface area (Å²) in [5.74, 6) is -0.876. The van der Waals surface area contributed by atoms with E-state index in [4.69, 9.17) is 9.84 Å². The minimum Gasteiger partial charge on any atom is -0.478 e. The number of carboxylic acids is 1. The van der Waals surface area contributed by atoms with E-state index in [1.807, 2.05) is 6.07 Å². The number of hydrogen-bond acceptors (Lipinski definition) is 3. The fraction of sp³-hybridized carbons (Fsp3) is 0.500. The summed E-state index contributed by atoms with van der Waals surface area (Å²) in [4.78, 5) is 13.1. The molecule has 18 heavy (non-hydrogen) atoms. The van der Waals surface area contributed by atoms with Crippen LogP contribution in [-0.2, 0) is 11.3 Å². The molecule has 1 heterocycles. The van der Waals surface area contributed by atoms with Gasteiger partial charge in [0.15, 0.2) is 0 Å². The molecule has 98 valence electrons. The monoisotopic (exact) mass is 249 g/mol. The van der Waals surface area contributed by atoms with Crippen LogP contribution >= 0.6 is 0 Å². The van der Waals surface area contributed by atoms with Gasteiger partial charge in [-0.25, -0.2) is 4.79 Å². The first-order valence-electron chi connectivity index (χ1n) is 6.07. The number of nitrogens with zero attached hydrogens (tertiary/aromatic N) is 1. The lowest BCUT2D eigenvalue weighted by molar-refractivity contribution is -0.113. The predicted octanol–water partition coefficient (Wildman–Crippen LogP) is 1.85. The smallest absolute Gasteiger partial charge is 0.335 e. The molecule has 0 aromatic heterocycles. The van der Waals surface area contributed by atoms with Crippen molar-refractivity contribution in [3.63, 3.8) is 0 Å². The summed E-state index contributed by atoms with van der Waals surface area (Å²) in [6.07, 6.45) is 0. The number of aromatic carboxylic acids is 1.